The first-order chi connectivity index (χ1) is 13.3. The van der Waals surface area contributed by atoms with Crippen molar-refractivity contribution in [3.8, 4) is 5.75 Å². The van der Waals surface area contributed by atoms with Crippen LogP contribution in [0.4, 0.5) is 5.69 Å². The highest BCUT2D eigenvalue weighted by atomic mass is 16.5. The van der Waals surface area contributed by atoms with Gasteiger partial charge in [-0.25, -0.2) is 0 Å². The lowest BCUT2D eigenvalue weighted by Gasteiger charge is -2.21. The maximum absolute atomic E-state index is 13.0. The van der Waals surface area contributed by atoms with Crippen molar-refractivity contribution in [3.05, 3.63) is 58.7 Å². The Balaban J connectivity index is 1.79. The molecule has 0 spiro atoms. The number of nitrogens with one attached hydrogen (secondary N) is 1. The smallest absolute Gasteiger partial charge is 0.254 e. The Morgan fingerprint density at radius 2 is 1.96 bits per heavy atom. The summed E-state index contributed by atoms with van der Waals surface area (Å²) in [6.07, 6.45) is 0. The van der Waals surface area contributed by atoms with E-state index < -0.39 is 6.04 Å². The number of carbonyl (C=O) groups is 2. The van der Waals surface area contributed by atoms with Crippen LogP contribution in [0.15, 0.2) is 36.4 Å². The Kier molecular flexibility index (Phi) is 5.73. The zero-order valence-corrected chi connectivity index (χ0v) is 17.2. The molecule has 2 aromatic carbocycles. The van der Waals surface area contributed by atoms with Gasteiger partial charge < -0.3 is 15.0 Å². The molecular weight excluding hydrogens is 352 g/mol. The zero-order chi connectivity index (χ0) is 20.4. The quantitative estimate of drug-likeness (QED) is 0.823. The van der Waals surface area contributed by atoms with Crippen LogP contribution in [0.2, 0.25) is 0 Å². The number of aryl methyl sites for hydroxylation is 2. The lowest BCUT2D eigenvalue weighted by atomic mass is 10.0. The van der Waals surface area contributed by atoms with Gasteiger partial charge in [0, 0.05) is 12.5 Å². The van der Waals surface area contributed by atoms with Gasteiger partial charge in [-0.05, 0) is 42.5 Å². The molecule has 0 radical (unpaired) electrons. The summed E-state index contributed by atoms with van der Waals surface area (Å²) in [5.74, 6) is 0.892. The number of amides is 2. The number of benzene rings is 2. The minimum absolute atomic E-state index is 0.114. The van der Waals surface area contributed by atoms with Crippen molar-refractivity contribution in [1.82, 2.24) is 5.32 Å². The van der Waals surface area contributed by atoms with E-state index in [-0.39, 0.29) is 11.8 Å². The first kappa shape index (κ1) is 19.9. The molecule has 0 fully saturated rings. The van der Waals surface area contributed by atoms with E-state index in [4.69, 9.17) is 4.74 Å². The Hall–Kier alpha value is -2.82. The van der Waals surface area contributed by atoms with Gasteiger partial charge in [0.25, 0.3) is 5.91 Å². The van der Waals surface area contributed by atoms with Crippen molar-refractivity contribution in [3.63, 3.8) is 0 Å². The second-order valence-electron chi connectivity index (χ2n) is 7.68. The summed E-state index contributed by atoms with van der Waals surface area (Å²) in [6.45, 7) is 10.5. The van der Waals surface area contributed by atoms with E-state index >= 15 is 0 Å². The van der Waals surface area contributed by atoms with Gasteiger partial charge in [-0.2, -0.15) is 0 Å². The Morgan fingerprint density at radius 3 is 2.64 bits per heavy atom. The molecule has 0 saturated carbocycles. The first-order valence-electron chi connectivity index (χ1n) is 9.71. The molecule has 3 rings (SSSR count). The van der Waals surface area contributed by atoms with E-state index in [9.17, 15) is 9.59 Å². The van der Waals surface area contributed by atoms with Crippen molar-refractivity contribution in [2.45, 2.75) is 46.6 Å². The molecule has 148 valence electrons. The second kappa shape index (κ2) is 8.05. The number of fused-ring (bicyclic) bond motifs is 1. The molecule has 5 heteroatoms. The fourth-order valence-corrected chi connectivity index (χ4v) is 3.74. The van der Waals surface area contributed by atoms with Crippen LogP contribution in [-0.4, -0.2) is 25.0 Å². The van der Waals surface area contributed by atoms with Gasteiger partial charge in [0.2, 0.25) is 5.91 Å². The van der Waals surface area contributed by atoms with Crippen LogP contribution in [0.5, 0.6) is 5.75 Å². The molecule has 0 aromatic heterocycles. The topological polar surface area (TPSA) is 58.6 Å². The molecular formula is C23H28N2O3. The molecule has 28 heavy (non-hydrogen) atoms. The molecule has 1 unspecified atom stereocenters. The molecule has 1 aliphatic rings. The maximum Gasteiger partial charge on any atom is 0.254 e. The molecule has 0 saturated heterocycles. The zero-order valence-electron chi connectivity index (χ0n) is 17.2. The van der Waals surface area contributed by atoms with Gasteiger partial charge >= 0.3 is 0 Å². The third-order valence-electron chi connectivity index (χ3n) is 5.07. The monoisotopic (exact) mass is 380 g/mol. The molecule has 1 atom stereocenters. The van der Waals surface area contributed by atoms with Crippen molar-refractivity contribution in [2.24, 2.45) is 0 Å². The van der Waals surface area contributed by atoms with Crippen LogP contribution in [0.25, 0.3) is 0 Å². The maximum atomic E-state index is 13.0. The minimum atomic E-state index is -0.627. The number of hydrogen-bond acceptors (Lipinski definition) is 3. The number of carbonyl (C=O) groups excluding carboxylic acids is 2. The van der Waals surface area contributed by atoms with Gasteiger partial charge in [-0.1, -0.05) is 44.2 Å². The van der Waals surface area contributed by atoms with Crippen LogP contribution < -0.4 is 15.0 Å². The van der Waals surface area contributed by atoms with Crippen LogP contribution in [0, 0.1) is 13.8 Å². The summed E-state index contributed by atoms with van der Waals surface area (Å²) in [7, 11) is 0. The van der Waals surface area contributed by atoms with Crippen LogP contribution in [0.1, 0.15) is 55.0 Å². The number of para-hydroxylation sites is 1. The third kappa shape index (κ3) is 3.88. The van der Waals surface area contributed by atoms with Crippen molar-refractivity contribution >= 4 is 17.5 Å². The van der Waals surface area contributed by atoms with E-state index in [2.05, 4.69) is 31.3 Å². The van der Waals surface area contributed by atoms with Crippen molar-refractivity contribution in [1.29, 1.82) is 0 Å². The summed E-state index contributed by atoms with van der Waals surface area (Å²) in [5, 5.41) is 2.77. The Labute approximate surface area is 166 Å². The minimum Gasteiger partial charge on any atom is -0.491 e. The molecule has 2 amide bonds. The van der Waals surface area contributed by atoms with E-state index in [0.29, 0.717) is 19.1 Å². The van der Waals surface area contributed by atoms with Crippen molar-refractivity contribution in [2.75, 3.05) is 18.1 Å². The lowest BCUT2D eigenvalue weighted by Crippen LogP contribution is -2.38. The number of rotatable bonds is 6. The average Bonchev–Trinajstić information content (AvgIpc) is 2.88. The van der Waals surface area contributed by atoms with E-state index in [1.165, 1.54) is 6.92 Å². The van der Waals surface area contributed by atoms with Crippen LogP contribution >= 0.6 is 0 Å². The summed E-state index contributed by atoms with van der Waals surface area (Å²) in [5.41, 5.74) is 5.04. The fourth-order valence-electron chi connectivity index (χ4n) is 3.74. The fraction of sp³-hybridized carbons (Fsp3) is 0.391. The van der Waals surface area contributed by atoms with Gasteiger partial charge in [0.1, 0.15) is 18.4 Å². The number of ether oxygens (including phenoxy) is 1. The molecule has 2 aromatic rings. The predicted molar refractivity (Wildman–Crippen MR) is 111 cm³/mol. The number of anilines is 1. The van der Waals surface area contributed by atoms with Crippen LogP contribution in [-0.2, 0) is 9.59 Å². The third-order valence-corrected chi connectivity index (χ3v) is 5.07. The van der Waals surface area contributed by atoms with Crippen LogP contribution in [0.3, 0.4) is 0 Å². The first-order valence-corrected chi connectivity index (χ1v) is 9.71. The summed E-state index contributed by atoms with van der Waals surface area (Å²) in [4.78, 5) is 26.3. The molecule has 1 N–H and O–H groups in total. The van der Waals surface area contributed by atoms with E-state index in [1.807, 2.05) is 38.1 Å². The van der Waals surface area contributed by atoms with Crippen molar-refractivity contribution < 1.29 is 14.3 Å². The normalized spacial score (nSPS) is 15.7. The lowest BCUT2D eigenvalue weighted by molar-refractivity contribution is -0.126. The summed E-state index contributed by atoms with van der Waals surface area (Å²) >= 11 is 0. The van der Waals surface area contributed by atoms with Gasteiger partial charge in [-0.15, -0.1) is 0 Å². The van der Waals surface area contributed by atoms with Gasteiger partial charge in [0.15, 0.2) is 0 Å². The molecule has 0 aliphatic carbocycles. The molecule has 1 heterocycles. The summed E-state index contributed by atoms with van der Waals surface area (Å²) in [6, 6.07) is 11.4. The summed E-state index contributed by atoms with van der Waals surface area (Å²) < 4.78 is 6.08. The van der Waals surface area contributed by atoms with Gasteiger partial charge in [-0.3, -0.25) is 9.59 Å². The highest BCUT2D eigenvalue weighted by Crippen LogP contribution is 2.38. The highest BCUT2D eigenvalue weighted by Gasteiger charge is 2.38. The largest absolute Gasteiger partial charge is 0.491 e. The SMILES string of the molecule is CC(=O)NC1C(=O)N(CCOc2cc(C)ccc2C(C)C)c2c(C)cccc21. The van der Waals surface area contributed by atoms with Gasteiger partial charge in [0.05, 0.1) is 12.2 Å². The Bertz CT molecular complexity index is 905. The van der Waals surface area contributed by atoms with E-state index in [0.717, 1.165) is 33.7 Å². The highest BCUT2D eigenvalue weighted by molar-refractivity contribution is 6.06. The second-order valence-corrected chi connectivity index (χ2v) is 7.68. The number of hydrogen-bond donors (Lipinski definition) is 1. The molecule has 0 bridgehead atoms. The standard InChI is InChI=1S/C23H28N2O3/c1-14(2)18-10-9-15(3)13-20(18)28-12-11-25-22-16(4)7-6-8-19(22)21(23(25)27)24-17(5)26/h6-10,13-14,21H,11-12H2,1-5H3,(H,24,26). The molecule has 1 aliphatic heterocycles. The number of nitrogens with zero attached hydrogens (tertiary/aromatic N) is 1. The average molecular weight is 380 g/mol. The Morgan fingerprint density at radius 1 is 1.21 bits per heavy atom. The molecule has 5 nitrogen and oxygen atoms in total. The predicted octanol–water partition coefficient (Wildman–Crippen LogP) is 4.03. The van der Waals surface area contributed by atoms with E-state index in [1.54, 1.807) is 4.90 Å².